The Bertz CT molecular complexity index is 1720. The molecule has 0 saturated carbocycles. The molecule has 1 aromatic carbocycles. The molecular formula is C29H25BF2N2O2. The van der Waals surface area contributed by atoms with E-state index in [1.165, 1.54) is 0 Å². The molecule has 0 fully saturated rings. The van der Waals surface area contributed by atoms with Gasteiger partial charge in [0.1, 0.15) is 5.58 Å². The lowest BCUT2D eigenvalue weighted by molar-refractivity contribution is -0.361. The minimum absolute atomic E-state index is 0.317. The molecule has 36 heavy (non-hydrogen) atoms. The van der Waals surface area contributed by atoms with Crippen LogP contribution in [-0.4, -0.2) is 21.6 Å². The number of aromatic nitrogens is 1. The minimum Gasteiger partial charge on any atom is -0.422 e. The van der Waals surface area contributed by atoms with Crippen LogP contribution in [0.1, 0.15) is 59.8 Å². The highest BCUT2D eigenvalue weighted by Crippen LogP contribution is 2.37. The van der Waals surface area contributed by atoms with Gasteiger partial charge in [0.25, 0.3) is 0 Å². The van der Waals surface area contributed by atoms with Gasteiger partial charge in [-0.05, 0) is 87.2 Å². The van der Waals surface area contributed by atoms with E-state index in [4.69, 9.17) is 4.42 Å². The van der Waals surface area contributed by atoms with Gasteiger partial charge in [-0.3, -0.25) is 0 Å². The van der Waals surface area contributed by atoms with Crippen molar-refractivity contribution in [3.63, 3.8) is 0 Å². The molecule has 2 aliphatic heterocycles. The van der Waals surface area contributed by atoms with Crippen molar-refractivity contribution in [2.45, 2.75) is 46.5 Å². The second-order valence-electron chi connectivity index (χ2n) is 9.84. The minimum atomic E-state index is -4.08. The van der Waals surface area contributed by atoms with E-state index in [0.29, 0.717) is 33.9 Å². The fourth-order valence-corrected chi connectivity index (χ4v) is 5.56. The molecule has 0 radical (unpaired) electrons. The smallest absolute Gasteiger partial charge is 0.422 e. The normalized spacial score (nSPS) is 18.1. The maximum atomic E-state index is 15.8. The third-order valence-electron chi connectivity index (χ3n) is 7.31. The van der Waals surface area contributed by atoms with Crippen LogP contribution in [0.3, 0.4) is 0 Å². The molecule has 180 valence electrons. The van der Waals surface area contributed by atoms with Gasteiger partial charge in [-0.25, -0.2) is 4.79 Å². The van der Waals surface area contributed by atoms with E-state index in [2.05, 4.69) is 11.8 Å². The molecule has 1 aliphatic carbocycles. The average Bonchev–Trinajstić information content (AvgIpc) is 3.29. The summed E-state index contributed by atoms with van der Waals surface area (Å²) >= 11 is 0. The van der Waals surface area contributed by atoms with Crippen molar-refractivity contribution in [2.24, 2.45) is 0 Å². The van der Waals surface area contributed by atoms with Crippen LogP contribution in [0, 0.1) is 25.7 Å². The Morgan fingerprint density at radius 3 is 2.75 bits per heavy atom. The summed E-state index contributed by atoms with van der Waals surface area (Å²) in [5, 5.41) is 0.801. The Labute approximate surface area is 208 Å². The molecule has 6 rings (SSSR count). The summed E-state index contributed by atoms with van der Waals surface area (Å²) in [5.41, 5.74) is 5.79. The van der Waals surface area contributed by atoms with Crippen LogP contribution in [0.25, 0.3) is 23.1 Å². The van der Waals surface area contributed by atoms with Crippen LogP contribution in [0.4, 0.5) is 8.63 Å². The molecule has 4 heterocycles. The Hall–Kier alpha value is -3.92. The first-order valence-corrected chi connectivity index (χ1v) is 12.3. The van der Waals surface area contributed by atoms with Gasteiger partial charge in [-0.15, -0.1) is 0 Å². The highest BCUT2D eigenvalue weighted by atomic mass is 19.2. The van der Waals surface area contributed by atoms with E-state index in [9.17, 15) is 4.79 Å². The van der Waals surface area contributed by atoms with Crippen molar-refractivity contribution in [1.29, 1.82) is 0 Å². The summed E-state index contributed by atoms with van der Waals surface area (Å²) in [5.74, 6) is 6.36. The van der Waals surface area contributed by atoms with Gasteiger partial charge in [-0.1, -0.05) is 11.8 Å². The largest absolute Gasteiger partial charge is 0.737 e. The molecule has 0 spiro atoms. The van der Waals surface area contributed by atoms with Crippen LogP contribution in [0.2, 0.25) is 0 Å². The summed E-state index contributed by atoms with van der Waals surface area (Å²) in [6.45, 7) is 1.29. The molecular weight excluding hydrogens is 457 g/mol. The quantitative estimate of drug-likeness (QED) is 0.256. The fraction of sp³-hybridized carbons (Fsp3) is 0.241. The predicted molar refractivity (Wildman–Crippen MR) is 140 cm³/mol. The number of nitrogens with zero attached hydrogens (tertiary/aromatic N) is 2. The molecule has 0 amide bonds. The van der Waals surface area contributed by atoms with Gasteiger partial charge in [-0.2, -0.15) is 0 Å². The Morgan fingerprint density at radius 2 is 1.92 bits per heavy atom. The molecule has 2 aromatic heterocycles. The molecule has 0 bridgehead atoms. The third kappa shape index (κ3) is 3.43. The molecule has 0 unspecified atom stereocenters. The number of aryl methyl sites for hydroxylation is 3. The van der Waals surface area contributed by atoms with Crippen LogP contribution in [0.15, 0.2) is 56.9 Å². The molecule has 4 nitrogen and oxygen atoms in total. The zero-order valence-corrected chi connectivity index (χ0v) is 20.5. The van der Waals surface area contributed by atoms with Crippen molar-refractivity contribution in [2.75, 3.05) is 0 Å². The average molecular weight is 482 g/mol. The van der Waals surface area contributed by atoms with E-state index < -0.39 is 12.6 Å². The van der Waals surface area contributed by atoms with Gasteiger partial charge >= 0.3 is 12.6 Å². The van der Waals surface area contributed by atoms with Crippen molar-refractivity contribution in [3.8, 4) is 11.8 Å². The van der Waals surface area contributed by atoms with Crippen LogP contribution >= 0.6 is 0 Å². The molecule has 7 heteroatoms. The highest BCUT2D eigenvalue weighted by molar-refractivity contribution is 6.58. The summed E-state index contributed by atoms with van der Waals surface area (Å²) in [6.07, 6.45) is 10.6. The Kier molecular flexibility index (Phi) is 5.05. The van der Waals surface area contributed by atoms with Crippen LogP contribution in [0.5, 0.6) is 0 Å². The molecule has 0 saturated heterocycles. The highest BCUT2D eigenvalue weighted by Gasteiger charge is 2.53. The lowest BCUT2D eigenvalue weighted by atomic mass is 9.89. The van der Waals surface area contributed by atoms with E-state index in [-0.39, 0.29) is 0 Å². The van der Waals surface area contributed by atoms with Crippen molar-refractivity contribution in [3.05, 3.63) is 91.7 Å². The third-order valence-corrected chi connectivity index (χ3v) is 7.31. The van der Waals surface area contributed by atoms with Crippen molar-refractivity contribution >= 4 is 35.8 Å². The van der Waals surface area contributed by atoms with Gasteiger partial charge in [0, 0.05) is 46.9 Å². The van der Waals surface area contributed by atoms with Gasteiger partial charge in [0.2, 0.25) is 0 Å². The predicted octanol–water partition coefficient (Wildman–Crippen LogP) is 5.99. The number of halogens is 2. The first-order valence-electron chi connectivity index (χ1n) is 12.3. The zero-order chi connectivity index (χ0) is 25.2. The summed E-state index contributed by atoms with van der Waals surface area (Å²) < 4.78 is 39.5. The topological polar surface area (TPSA) is 38.1 Å². The molecule has 0 atom stereocenters. The summed E-state index contributed by atoms with van der Waals surface area (Å²) in [6, 6.07) is 7.42. The van der Waals surface area contributed by atoms with Crippen LogP contribution in [-0.2, 0) is 6.42 Å². The maximum absolute atomic E-state index is 15.8. The van der Waals surface area contributed by atoms with Gasteiger partial charge in [0.05, 0.1) is 5.56 Å². The molecule has 3 aliphatic rings. The summed E-state index contributed by atoms with van der Waals surface area (Å²) in [4.78, 5) is 12.8. The Morgan fingerprint density at radius 1 is 1.08 bits per heavy atom. The number of hydrogen-bond acceptors (Lipinski definition) is 2. The van der Waals surface area contributed by atoms with E-state index in [1.807, 2.05) is 32.1 Å². The fourth-order valence-electron chi connectivity index (χ4n) is 5.56. The zero-order valence-electron chi connectivity index (χ0n) is 20.5. The lowest BCUT2D eigenvalue weighted by Crippen LogP contribution is -2.50. The van der Waals surface area contributed by atoms with E-state index in [0.717, 1.165) is 62.3 Å². The van der Waals surface area contributed by atoms with E-state index >= 15 is 8.63 Å². The lowest BCUT2D eigenvalue weighted by Gasteiger charge is -2.30. The van der Waals surface area contributed by atoms with Gasteiger partial charge in [0.15, 0.2) is 11.4 Å². The first kappa shape index (κ1) is 22.5. The number of allylic oxidation sites excluding steroid dienone is 3. The van der Waals surface area contributed by atoms with Crippen molar-refractivity contribution in [1.82, 2.24) is 4.48 Å². The first-order chi connectivity index (χ1) is 17.2. The summed E-state index contributed by atoms with van der Waals surface area (Å²) in [7, 11) is 0. The Balaban J connectivity index is 1.44. The van der Waals surface area contributed by atoms with Crippen LogP contribution < -0.4 is 5.63 Å². The standard InChI is InChI=1S/C29H25BF2N2O2/c1-18-12-20(3)33-26(18)17-27-19(2)13-25(34(27)30(33,31)32)11-10-23-15-24-14-21-8-6-4-5-7-9-22(21)16-28(24)36-29(23)35/h10-17H,4-6,8H2,1-3H3. The number of hydrogen-bond donors (Lipinski definition) is 0. The number of benzene rings is 1. The van der Waals surface area contributed by atoms with Crippen molar-refractivity contribution < 1.29 is 17.5 Å². The monoisotopic (exact) mass is 482 g/mol. The second kappa shape index (κ2) is 8.06. The van der Waals surface area contributed by atoms with E-state index in [1.54, 1.807) is 37.3 Å². The second-order valence-corrected chi connectivity index (χ2v) is 9.84. The SMILES string of the molecule is CC1=CC(C=Cc2cc3cc4c(cc3oc2=O)C#CCCCC4)=[N+]2C1=Cc1c(C)cc(C)n1[B-]2(F)F. The molecule has 0 N–H and O–H groups in total. The number of rotatable bonds is 2. The maximum Gasteiger partial charge on any atom is 0.737 e. The van der Waals surface area contributed by atoms with Gasteiger partial charge < -0.3 is 22.0 Å². The number of fused-ring (bicyclic) bond motifs is 4. The molecule has 3 aromatic rings.